The Bertz CT molecular complexity index is 369. The van der Waals surface area contributed by atoms with E-state index in [1.54, 1.807) is 0 Å². The van der Waals surface area contributed by atoms with Gasteiger partial charge in [-0.1, -0.05) is 20.8 Å². The molecule has 1 aliphatic heterocycles. The number of nitrogens with two attached hydrogens (primary N) is 1. The van der Waals surface area contributed by atoms with Crippen LogP contribution < -0.4 is 5.73 Å². The Morgan fingerprint density at radius 2 is 1.82 bits per heavy atom. The van der Waals surface area contributed by atoms with E-state index in [1.807, 2.05) is 6.92 Å². The van der Waals surface area contributed by atoms with Gasteiger partial charge in [-0.15, -0.1) is 0 Å². The number of likely N-dealkylation sites (tertiary alicyclic amines) is 1. The van der Waals surface area contributed by atoms with E-state index in [0.717, 1.165) is 25.3 Å². The van der Waals surface area contributed by atoms with Crippen LogP contribution in [0.25, 0.3) is 0 Å². The molecule has 1 heterocycles. The van der Waals surface area contributed by atoms with Gasteiger partial charge in [0.05, 0.1) is 24.6 Å². The van der Waals surface area contributed by atoms with Crippen molar-refractivity contribution in [3.8, 4) is 0 Å². The molecule has 2 aliphatic rings. The fourth-order valence-corrected chi connectivity index (χ4v) is 4.05. The van der Waals surface area contributed by atoms with Gasteiger partial charge in [0.15, 0.2) is 0 Å². The first-order valence-electron chi connectivity index (χ1n) is 8.98. The number of nitrogens with zero attached hydrogens (tertiary/aromatic N) is 1. The molecule has 0 amide bonds. The summed E-state index contributed by atoms with van der Waals surface area (Å²) in [6, 6.07) is 0.326. The third-order valence-electron chi connectivity index (χ3n) is 5.66. The van der Waals surface area contributed by atoms with Crippen molar-refractivity contribution in [2.75, 3.05) is 13.2 Å². The van der Waals surface area contributed by atoms with E-state index in [0.29, 0.717) is 24.0 Å². The Hall–Kier alpha value is -0.610. The molecule has 1 aliphatic carbocycles. The van der Waals surface area contributed by atoms with Crippen molar-refractivity contribution in [2.45, 2.75) is 84.4 Å². The Kier molecular flexibility index (Phi) is 5.89. The lowest BCUT2D eigenvalue weighted by molar-refractivity contribution is -0.0242. The summed E-state index contributed by atoms with van der Waals surface area (Å²) < 4.78 is 6.22. The Labute approximate surface area is 136 Å². The zero-order chi connectivity index (χ0) is 16.3. The summed E-state index contributed by atoms with van der Waals surface area (Å²) in [5.41, 5.74) is 6.71. The molecule has 1 saturated heterocycles. The first-order chi connectivity index (χ1) is 10.3. The zero-order valence-electron chi connectivity index (χ0n) is 14.9. The van der Waals surface area contributed by atoms with E-state index >= 15 is 0 Å². The smallest absolute Gasteiger partial charge is 0.0929 e. The zero-order valence-corrected chi connectivity index (χ0v) is 14.9. The van der Waals surface area contributed by atoms with Crippen LogP contribution in [-0.2, 0) is 4.74 Å². The molecule has 128 valence electrons. The lowest BCUT2D eigenvalue weighted by atomic mass is 9.72. The van der Waals surface area contributed by atoms with Crippen molar-refractivity contribution in [3.05, 3.63) is 0 Å². The Morgan fingerprint density at radius 3 is 2.36 bits per heavy atom. The topological polar surface area (TPSA) is 62.3 Å². The van der Waals surface area contributed by atoms with Crippen LogP contribution in [0.4, 0.5) is 0 Å². The van der Waals surface area contributed by atoms with Crippen LogP contribution in [0.5, 0.6) is 0 Å². The van der Waals surface area contributed by atoms with Crippen LogP contribution in [0.3, 0.4) is 0 Å². The average molecular weight is 309 g/mol. The van der Waals surface area contributed by atoms with E-state index in [1.165, 1.54) is 25.7 Å². The minimum absolute atomic E-state index is 0.139. The fourth-order valence-electron chi connectivity index (χ4n) is 4.05. The van der Waals surface area contributed by atoms with Crippen molar-refractivity contribution >= 4 is 5.84 Å². The molecule has 0 aromatic carbocycles. The fraction of sp³-hybridized carbons (Fsp3) is 0.944. The summed E-state index contributed by atoms with van der Waals surface area (Å²) in [4.78, 5) is 2.13. The minimum Gasteiger partial charge on any atom is -0.376 e. The lowest BCUT2D eigenvalue weighted by Gasteiger charge is -2.42. The first kappa shape index (κ1) is 17.7. The van der Waals surface area contributed by atoms with Gasteiger partial charge in [0.1, 0.15) is 0 Å². The summed E-state index contributed by atoms with van der Waals surface area (Å²) in [5.74, 6) is 1.45. The molecule has 0 bridgehead atoms. The normalized spacial score (nSPS) is 33.8. The number of nitrogens with one attached hydrogen (secondary N) is 1. The molecule has 0 aromatic rings. The highest BCUT2D eigenvalue weighted by Crippen LogP contribution is 2.38. The van der Waals surface area contributed by atoms with Crippen molar-refractivity contribution in [1.82, 2.24) is 4.90 Å². The standard InChI is InChI=1S/C18H35N3O/c1-13(19)21-11-5-6-16(20)17(21)12-22-15-9-7-14(8-10-15)18(2,3)4/h14-17,19H,5-12,20H2,1-4H3/t14-,15+,16?,17?. The molecule has 1 saturated carbocycles. The molecule has 2 fully saturated rings. The summed E-state index contributed by atoms with van der Waals surface area (Å²) in [5, 5.41) is 7.94. The number of piperidine rings is 1. The van der Waals surface area contributed by atoms with Crippen molar-refractivity contribution in [1.29, 1.82) is 5.41 Å². The van der Waals surface area contributed by atoms with Gasteiger partial charge in [0.2, 0.25) is 0 Å². The Balaban J connectivity index is 1.81. The summed E-state index contributed by atoms with van der Waals surface area (Å²) >= 11 is 0. The molecule has 4 nitrogen and oxygen atoms in total. The second-order valence-corrected chi connectivity index (χ2v) is 8.33. The van der Waals surface area contributed by atoms with Crippen molar-refractivity contribution < 1.29 is 4.74 Å². The van der Waals surface area contributed by atoms with Crippen LogP contribution in [0.1, 0.15) is 66.2 Å². The highest BCUT2D eigenvalue weighted by atomic mass is 16.5. The molecular formula is C18H35N3O. The summed E-state index contributed by atoms with van der Waals surface area (Å²) in [6.07, 6.45) is 7.43. The number of ether oxygens (including phenoxy) is 1. The maximum absolute atomic E-state index is 7.94. The van der Waals surface area contributed by atoms with E-state index in [2.05, 4.69) is 25.7 Å². The molecule has 0 aromatic heterocycles. The first-order valence-corrected chi connectivity index (χ1v) is 8.98. The number of hydrogen-bond donors (Lipinski definition) is 2. The monoisotopic (exact) mass is 309 g/mol. The minimum atomic E-state index is 0.139. The van der Waals surface area contributed by atoms with Crippen LogP contribution in [0, 0.1) is 16.7 Å². The lowest BCUT2D eigenvalue weighted by Crippen LogP contribution is -2.56. The maximum atomic E-state index is 7.94. The number of rotatable bonds is 3. The molecule has 0 spiro atoms. The van der Waals surface area contributed by atoms with E-state index in [9.17, 15) is 0 Å². The highest BCUT2D eigenvalue weighted by molar-refractivity contribution is 5.76. The Morgan fingerprint density at radius 1 is 1.18 bits per heavy atom. The van der Waals surface area contributed by atoms with Gasteiger partial charge in [0.25, 0.3) is 0 Å². The molecular weight excluding hydrogens is 274 g/mol. The molecule has 2 rings (SSSR count). The van der Waals surface area contributed by atoms with E-state index < -0.39 is 0 Å². The van der Waals surface area contributed by atoms with Gasteiger partial charge in [-0.25, -0.2) is 0 Å². The molecule has 2 atom stereocenters. The molecule has 2 unspecified atom stereocenters. The van der Waals surface area contributed by atoms with Crippen molar-refractivity contribution in [2.24, 2.45) is 17.1 Å². The van der Waals surface area contributed by atoms with E-state index in [-0.39, 0.29) is 12.1 Å². The largest absolute Gasteiger partial charge is 0.376 e. The van der Waals surface area contributed by atoms with Gasteiger partial charge in [-0.2, -0.15) is 0 Å². The SMILES string of the molecule is CC(=N)N1CCCC(N)C1CO[C@H]1CC[C@@H](C(C)(C)C)CC1. The third-order valence-corrected chi connectivity index (χ3v) is 5.66. The van der Waals surface area contributed by atoms with E-state index in [4.69, 9.17) is 15.9 Å². The molecule has 22 heavy (non-hydrogen) atoms. The molecule has 0 radical (unpaired) electrons. The summed E-state index contributed by atoms with van der Waals surface area (Å²) in [7, 11) is 0. The van der Waals surface area contributed by atoms with Crippen molar-refractivity contribution in [3.63, 3.8) is 0 Å². The quantitative estimate of drug-likeness (QED) is 0.620. The summed E-state index contributed by atoms with van der Waals surface area (Å²) in [6.45, 7) is 10.6. The van der Waals surface area contributed by atoms with Gasteiger partial charge in [-0.3, -0.25) is 5.41 Å². The van der Waals surface area contributed by atoms with Crippen LogP contribution >= 0.6 is 0 Å². The average Bonchev–Trinajstić information content (AvgIpc) is 2.45. The van der Waals surface area contributed by atoms with Gasteiger partial charge >= 0.3 is 0 Å². The van der Waals surface area contributed by atoms with Gasteiger partial charge in [-0.05, 0) is 56.8 Å². The molecule has 3 N–H and O–H groups in total. The second kappa shape index (κ2) is 7.31. The number of amidine groups is 1. The van der Waals surface area contributed by atoms with Crippen LogP contribution in [0.2, 0.25) is 0 Å². The predicted octanol–water partition coefficient (Wildman–Crippen LogP) is 3.40. The maximum Gasteiger partial charge on any atom is 0.0929 e. The highest BCUT2D eigenvalue weighted by Gasteiger charge is 2.33. The molecule has 4 heteroatoms. The number of hydrogen-bond acceptors (Lipinski definition) is 3. The van der Waals surface area contributed by atoms with Gasteiger partial charge in [0, 0.05) is 12.6 Å². The van der Waals surface area contributed by atoms with Crippen LogP contribution in [-0.4, -0.2) is 42.1 Å². The van der Waals surface area contributed by atoms with Gasteiger partial charge < -0.3 is 15.4 Å². The second-order valence-electron chi connectivity index (χ2n) is 8.33. The third kappa shape index (κ3) is 4.45. The predicted molar refractivity (Wildman–Crippen MR) is 92.3 cm³/mol. The van der Waals surface area contributed by atoms with Crippen LogP contribution in [0.15, 0.2) is 0 Å².